The number of rotatable bonds is 7. The molecule has 0 radical (unpaired) electrons. The maximum atomic E-state index is 11.9. The molecule has 0 fully saturated rings. The topological polar surface area (TPSA) is 62.3 Å². The van der Waals surface area contributed by atoms with Gasteiger partial charge in [-0.1, -0.05) is 17.7 Å². The lowest BCUT2D eigenvalue weighted by Gasteiger charge is -2.16. The van der Waals surface area contributed by atoms with Crippen molar-refractivity contribution in [1.29, 1.82) is 0 Å². The van der Waals surface area contributed by atoms with Crippen molar-refractivity contribution < 1.29 is 9.59 Å². The van der Waals surface area contributed by atoms with Crippen LogP contribution in [0, 0.1) is 0 Å². The number of thiophene rings is 1. The van der Waals surface area contributed by atoms with Crippen molar-refractivity contribution in [3.05, 3.63) is 45.2 Å². The van der Waals surface area contributed by atoms with Gasteiger partial charge in [0.05, 0.1) is 9.21 Å². The van der Waals surface area contributed by atoms with Crippen molar-refractivity contribution in [2.45, 2.75) is 19.4 Å². The first kappa shape index (κ1) is 17.4. The number of hydrogen-bond donors (Lipinski definition) is 1. The van der Waals surface area contributed by atoms with E-state index < -0.39 is 0 Å². The Morgan fingerprint density at radius 2 is 2.04 bits per heavy atom. The van der Waals surface area contributed by atoms with Crippen LogP contribution in [0.3, 0.4) is 0 Å². The van der Waals surface area contributed by atoms with Crippen LogP contribution in [0.5, 0.6) is 0 Å². The average Bonchev–Trinajstić information content (AvgIpc) is 2.97. The molecule has 0 aliphatic carbocycles. The minimum atomic E-state index is -0.158. The van der Waals surface area contributed by atoms with E-state index in [2.05, 4.69) is 10.3 Å². The number of hydrogen-bond acceptors (Lipinski definition) is 5. The van der Waals surface area contributed by atoms with Gasteiger partial charge in [-0.3, -0.25) is 9.59 Å². The lowest BCUT2D eigenvalue weighted by molar-refractivity contribution is -0.121. The summed E-state index contributed by atoms with van der Waals surface area (Å²) < 4.78 is 0.575. The molecule has 0 saturated carbocycles. The number of pyridine rings is 1. The molecule has 122 valence electrons. The van der Waals surface area contributed by atoms with Crippen LogP contribution in [0.2, 0.25) is 4.34 Å². The number of aromatic nitrogens is 1. The summed E-state index contributed by atoms with van der Waals surface area (Å²) in [6.45, 7) is 0.388. The molecule has 0 saturated heterocycles. The highest BCUT2D eigenvalue weighted by molar-refractivity contribution is 7.18. The molecule has 5 nitrogen and oxygen atoms in total. The third-order valence-electron chi connectivity index (χ3n) is 3.19. The van der Waals surface area contributed by atoms with Crippen molar-refractivity contribution in [3.8, 4) is 0 Å². The summed E-state index contributed by atoms with van der Waals surface area (Å²) in [6.07, 6.45) is 2.05. The number of carbonyl (C=O) groups excluding carboxylic acids is 2. The third-order valence-corrected chi connectivity index (χ3v) is 4.47. The summed E-state index contributed by atoms with van der Waals surface area (Å²) in [5, 5.41) is 2.83. The molecule has 1 N–H and O–H groups in total. The second-order valence-corrected chi connectivity index (χ2v) is 6.90. The third kappa shape index (κ3) is 5.04. The smallest absolute Gasteiger partial charge is 0.220 e. The fourth-order valence-electron chi connectivity index (χ4n) is 2.07. The summed E-state index contributed by atoms with van der Waals surface area (Å²) in [5.41, 5.74) is 0.933. The van der Waals surface area contributed by atoms with Crippen molar-refractivity contribution in [2.24, 2.45) is 0 Å². The first-order valence-corrected chi connectivity index (χ1v) is 8.33. The van der Waals surface area contributed by atoms with Crippen LogP contribution in [0.15, 0.2) is 30.5 Å². The number of amides is 1. The van der Waals surface area contributed by atoms with Crippen LogP contribution >= 0.6 is 22.9 Å². The van der Waals surface area contributed by atoms with E-state index >= 15 is 0 Å². The zero-order chi connectivity index (χ0) is 16.8. The Kier molecular flexibility index (Phi) is 6.12. The normalized spacial score (nSPS) is 10.4. The van der Waals surface area contributed by atoms with E-state index in [0.717, 1.165) is 11.4 Å². The maximum Gasteiger partial charge on any atom is 0.220 e. The molecule has 0 atom stereocenters. The van der Waals surface area contributed by atoms with Crippen molar-refractivity contribution in [1.82, 2.24) is 10.3 Å². The summed E-state index contributed by atoms with van der Waals surface area (Å²) in [5.74, 6) is 0.596. The van der Waals surface area contributed by atoms with Gasteiger partial charge in [-0.05, 0) is 18.2 Å². The highest BCUT2D eigenvalue weighted by Crippen LogP contribution is 2.22. The Morgan fingerprint density at radius 1 is 1.26 bits per heavy atom. The number of carbonyl (C=O) groups is 2. The first-order chi connectivity index (χ1) is 11.0. The SMILES string of the molecule is CN(C)c1ncccc1CNC(=O)CCC(=O)c1ccc(Cl)s1. The Hall–Kier alpha value is -1.92. The zero-order valence-electron chi connectivity index (χ0n) is 13.0. The molecule has 7 heteroatoms. The van der Waals surface area contributed by atoms with Crippen LogP contribution in [-0.4, -0.2) is 30.8 Å². The van der Waals surface area contributed by atoms with Crippen molar-refractivity contribution >= 4 is 40.4 Å². The van der Waals surface area contributed by atoms with Gasteiger partial charge in [-0.2, -0.15) is 0 Å². The number of Topliss-reactive ketones (excluding diaryl/α,β-unsaturated/α-hetero) is 1. The minimum absolute atomic E-state index is 0.0626. The lowest BCUT2D eigenvalue weighted by Crippen LogP contribution is -2.25. The van der Waals surface area contributed by atoms with Gasteiger partial charge in [-0.15, -0.1) is 11.3 Å². The lowest BCUT2D eigenvalue weighted by atomic mass is 10.2. The van der Waals surface area contributed by atoms with Crippen molar-refractivity contribution in [3.63, 3.8) is 0 Å². The highest BCUT2D eigenvalue weighted by atomic mass is 35.5. The fraction of sp³-hybridized carbons (Fsp3) is 0.312. The van der Waals surface area contributed by atoms with Gasteiger partial charge in [0, 0.05) is 45.2 Å². The molecule has 0 aromatic carbocycles. The summed E-state index contributed by atoms with van der Waals surface area (Å²) in [6, 6.07) is 7.12. The van der Waals surface area contributed by atoms with Gasteiger partial charge in [0.25, 0.3) is 0 Å². The molecule has 2 aromatic rings. The largest absolute Gasteiger partial charge is 0.362 e. The van der Waals surface area contributed by atoms with Crippen LogP contribution in [-0.2, 0) is 11.3 Å². The first-order valence-electron chi connectivity index (χ1n) is 7.14. The molecule has 23 heavy (non-hydrogen) atoms. The Labute approximate surface area is 144 Å². The molecule has 0 aliphatic heterocycles. The predicted molar refractivity (Wildman–Crippen MR) is 93.3 cm³/mol. The summed E-state index contributed by atoms with van der Waals surface area (Å²) in [4.78, 5) is 30.6. The van der Waals surface area contributed by atoms with E-state index in [9.17, 15) is 9.59 Å². The van der Waals surface area contributed by atoms with Gasteiger partial charge in [0.2, 0.25) is 5.91 Å². The fourth-order valence-corrected chi connectivity index (χ4v) is 3.08. The molecule has 0 unspecified atom stereocenters. The molecule has 2 rings (SSSR count). The van der Waals surface area contributed by atoms with E-state index in [4.69, 9.17) is 11.6 Å². The standard InChI is InChI=1S/C16H18ClN3O2S/c1-20(2)16-11(4-3-9-18-16)10-19-15(22)8-5-12(21)13-6-7-14(17)23-13/h3-4,6-7,9H,5,8,10H2,1-2H3,(H,19,22). The van der Waals surface area contributed by atoms with E-state index in [1.54, 1.807) is 18.3 Å². The van der Waals surface area contributed by atoms with Crippen LogP contribution in [0.4, 0.5) is 5.82 Å². The Balaban J connectivity index is 1.83. The highest BCUT2D eigenvalue weighted by Gasteiger charge is 2.12. The van der Waals surface area contributed by atoms with E-state index in [0.29, 0.717) is 15.8 Å². The second-order valence-electron chi connectivity index (χ2n) is 5.18. The van der Waals surface area contributed by atoms with E-state index in [1.807, 2.05) is 31.1 Å². The zero-order valence-corrected chi connectivity index (χ0v) is 14.6. The molecule has 1 amide bonds. The minimum Gasteiger partial charge on any atom is -0.362 e. The number of halogens is 1. The van der Waals surface area contributed by atoms with Gasteiger partial charge in [0.15, 0.2) is 5.78 Å². The quantitative estimate of drug-likeness (QED) is 0.778. The van der Waals surface area contributed by atoms with E-state index in [-0.39, 0.29) is 24.5 Å². The van der Waals surface area contributed by atoms with Gasteiger partial charge in [-0.25, -0.2) is 4.98 Å². The van der Waals surface area contributed by atoms with Gasteiger partial charge >= 0.3 is 0 Å². The number of nitrogens with one attached hydrogen (secondary N) is 1. The Bertz CT molecular complexity index is 700. The molecule has 0 bridgehead atoms. The van der Waals surface area contributed by atoms with Gasteiger partial charge < -0.3 is 10.2 Å². The number of nitrogens with zero attached hydrogens (tertiary/aromatic N) is 2. The van der Waals surface area contributed by atoms with Crippen LogP contribution in [0.25, 0.3) is 0 Å². The van der Waals surface area contributed by atoms with Crippen LogP contribution in [0.1, 0.15) is 28.1 Å². The monoisotopic (exact) mass is 351 g/mol. The molecule has 0 spiro atoms. The Morgan fingerprint density at radius 3 is 2.70 bits per heavy atom. The van der Waals surface area contributed by atoms with Gasteiger partial charge in [0.1, 0.15) is 5.82 Å². The predicted octanol–water partition coefficient (Wildman–Crippen LogP) is 3.14. The second kappa shape index (κ2) is 8.08. The molecular weight excluding hydrogens is 334 g/mol. The summed E-state index contributed by atoms with van der Waals surface area (Å²) >= 11 is 7.04. The average molecular weight is 352 g/mol. The molecular formula is C16H18ClN3O2S. The molecule has 2 aromatic heterocycles. The maximum absolute atomic E-state index is 11.9. The van der Waals surface area contributed by atoms with Crippen LogP contribution < -0.4 is 10.2 Å². The van der Waals surface area contributed by atoms with E-state index in [1.165, 1.54) is 11.3 Å². The number of anilines is 1. The number of ketones is 1. The molecule has 2 heterocycles. The summed E-state index contributed by atoms with van der Waals surface area (Å²) in [7, 11) is 3.80. The van der Waals surface area contributed by atoms with Crippen molar-refractivity contribution in [2.75, 3.05) is 19.0 Å². The molecule has 0 aliphatic rings.